The second-order valence-corrected chi connectivity index (χ2v) is 4.42. The normalized spacial score (nSPS) is 41.8. The Balaban J connectivity index is 2.75. The Hall–Kier alpha value is -0.160. The molecule has 1 rings (SSSR count). The van der Waals surface area contributed by atoms with Gasteiger partial charge >= 0.3 is 0 Å². The van der Waals surface area contributed by atoms with E-state index in [0.29, 0.717) is 5.92 Å². The van der Waals surface area contributed by atoms with Gasteiger partial charge in [-0.3, -0.25) is 0 Å². The molecular formula is C11H23NO3. The Morgan fingerprint density at radius 3 is 2.53 bits per heavy atom. The van der Waals surface area contributed by atoms with Crippen LogP contribution in [0.1, 0.15) is 20.3 Å². The molecule has 4 unspecified atom stereocenters. The molecule has 1 heterocycles. The smallest absolute Gasteiger partial charge is 0.160 e. The van der Waals surface area contributed by atoms with E-state index >= 15 is 0 Å². The van der Waals surface area contributed by atoms with Crippen LogP contribution in [0.2, 0.25) is 0 Å². The Labute approximate surface area is 92.3 Å². The highest BCUT2D eigenvalue weighted by Gasteiger charge is 2.44. The van der Waals surface area contributed by atoms with Gasteiger partial charge in [-0.1, -0.05) is 6.92 Å². The van der Waals surface area contributed by atoms with Crippen molar-refractivity contribution in [3.63, 3.8) is 0 Å². The molecule has 4 heteroatoms. The van der Waals surface area contributed by atoms with E-state index in [2.05, 4.69) is 19.2 Å². The summed E-state index contributed by atoms with van der Waals surface area (Å²) in [4.78, 5) is 0. The van der Waals surface area contributed by atoms with Crippen LogP contribution in [0, 0.1) is 5.92 Å². The predicted octanol–water partition coefficient (Wildman–Crippen LogP) is 1.01. The number of rotatable bonds is 4. The summed E-state index contributed by atoms with van der Waals surface area (Å²) in [6, 6.07) is 0. The van der Waals surface area contributed by atoms with Crippen molar-refractivity contribution in [2.45, 2.75) is 38.3 Å². The molecule has 4 nitrogen and oxygen atoms in total. The Bertz CT molecular complexity index is 200. The molecular weight excluding hydrogens is 194 g/mol. The maximum absolute atomic E-state index is 5.94. The average Bonchev–Trinajstić information content (AvgIpc) is 2.22. The van der Waals surface area contributed by atoms with Crippen molar-refractivity contribution in [2.24, 2.45) is 5.92 Å². The maximum Gasteiger partial charge on any atom is 0.160 e. The van der Waals surface area contributed by atoms with E-state index in [1.807, 2.05) is 7.05 Å². The van der Waals surface area contributed by atoms with Crippen LogP contribution in [-0.2, 0) is 14.2 Å². The zero-order valence-corrected chi connectivity index (χ0v) is 10.4. The molecule has 0 saturated carbocycles. The van der Waals surface area contributed by atoms with Crippen molar-refractivity contribution in [3.05, 3.63) is 0 Å². The van der Waals surface area contributed by atoms with E-state index in [1.165, 1.54) is 0 Å². The zero-order valence-electron chi connectivity index (χ0n) is 10.4. The first kappa shape index (κ1) is 12.9. The monoisotopic (exact) mass is 217 g/mol. The van der Waals surface area contributed by atoms with E-state index in [9.17, 15) is 0 Å². The van der Waals surface area contributed by atoms with Gasteiger partial charge in [0, 0.05) is 33.1 Å². The van der Waals surface area contributed by atoms with Crippen LogP contribution in [0.5, 0.6) is 0 Å². The molecule has 0 spiro atoms. The molecule has 15 heavy (non-hydrogen) atoms. The summed E-state index contributed by atoms with van der Waals surface area (Å²) in [5, 5.41) is 3.16. The summed E-state index contributed by atoms with van der Waals surface area (Å²) in [5.74, 6) is 0.348. The van der Waals surface area contributed by atoms with Crippen LogP contribution in [0.4, 0.5) is 0 Å². The molecule has 1 fully saturated rings. The number of likely N-dealkylation sites (N-methyl/N-ethyl adjacent to an activating group) is 1. The third kappa shape index (κ3) is 2.69. The van der Waals surface area contributed by atoms with Crippen molar-refractivity contribution in [3.8, 4) is 0 Å². The molecule has 0 aliphatic carbocycles. The van der Waals surface area contributed by atoms with Crippen LogP contribution < -0.4 is 5.32 Å². The summed E-state index contributed by atoms with van der Waals surface area (Å²) < 4.78 is 16.7. The lowest BCUT2D eigenvalue weighted by Gasteiger charge is -2.46. The topological polar surface area (TPSA) is 39.7 Å². The van der Waals surface area contributed by atoms with Crippen molar-refractivity contribution in [1.29, 1.82) is 0 Å². The molecule has 0 aromatic heterocycles. The van der Waals surface area contributed by atoms with Gasteiger partial charge in [-0.15, -0.1) is 0 Å². The van der Waals surface area contributed by atoms with Gasteiger partial charge in [-0.05, 0) is 14.0 Å². The highest BCUT2D eigenvalue weighted by Crippen LogP contribution is 2.35. The zero-order chi connectivity index (χ0) is 11.5. The summed E-state index contributed by atoms with van der Waals surface area (Å²) in [6.45, 7) is 5.07. The van der Waals surface area contributed by atoms with Gasteiger partial charge in [0.1, 0.15) is 0 Å². The predicted molar refractivity (Wildman–Crippen MR) is 58.8 cm³/mol. The number of ether oxygens (including phenoxy) is 3. The fourth-order valence-electron chi connectivity index (χ4n) is 2.24. The van der Waals surface area contributed by atoms with Crippen LogP contribution in [0.3, 0.4) is 0 Å². The first-order valence-electron chi connectivity index (χ1n) is 5.45. The lowest BCUT2D eigenvalue weighted by molar-refractivity contribution is -0.265. The molecule has 0 radical (unpaired) electrons. The standard InChI is InChI=1S/C11H23NO3/c1-8-9(13-4)6-10(14-5)15-11(8,2)7-12-3/h8-10,12H,6-7H2,1-5H3. The molecule has 0 aromatic rings. The number of hydrogen-bond donors (Lipinski definition) is 1. The van der Waals surface area contributed by atoms with Gasteiger partial charge in [-0.2, -0.15) is 0 Å². The third-order valence-corrected chi connectivity index (χ3v) is 3.44. The number of hydrogen-bond acceptors (Lipinski definition) is 4. The Morgan fingerprint density at radius 2 is 2.07 bits per heavy atom. The highest BCUT2D eigenvalue weighted by atomic mass is 16.7. The molecule has 4 atom stereocenters. The average molecular weight is 217 g/mol. The minimum atomic E-state index is -0.228. The number of methoxy groups -OCH3 is 2. The van der Waals surface area contributed by atoms with Crippen molar-refractivity contribution in [1.82, 2.24) is 5.32 Å². The fourth-order valence-corrected chi connectivity index (χ4v) is 2.24. The molecule has 1 saturated heterocycles. The van der Waals surface area contributed by atoms with Crippen molar-refractivity contribution in [2.75, 3.05) is 27.8 Å². The Morgan fingerprint density at radius 1 is 1.40 bits per heavy atom. The highest BCUT2D eigenvalue weighted by molar-refractivity contribution is 4.92. The van der Waals surface area contributed by atoms with Crippen molar-refractivity contribution >= 4 is 0 Å². The molecule has 0 amide bonds. The molecule has 1 N–H and O–H groups in total. The van der Waals surface area contributed by atoms with Crippen LogP contribution in [-0.4, -0.2) is 45.8 Å². The second kappa shape index (κ2) is 5.25. The van der Waals surface area contributed by atoms with Crippen LogP contribution in [0.25, 0.3) is 0 Å². The summed E-state index contributed by atoms with van der Waals surface area (Å²) in [6.07, 6.45) is 0.833. The van der Waals surface area contributed by atoms with Gasteiger partial charge in [0.05, 0.1) is 11.7 Å². The first-order valence-corrected chi connectivity index (χ1v) is 5.45. The number of nitrogens with one attached hydrogen (secondary N) is 1. The third-order valence-electron chi connectivity index (χ3n) is 3.44. The second-order valence-electron chi connectivity index (χ2n) is 4.42. The fraction of sp³-hybridized carbons (Fsp3) is 1.00. The van der Waals surface area contributed by atoms with E-state index in [0.717, 1.165) is 13.0 Å². The van der Waals surface area contributed by atoms with Gasteiger partial charge < -0.3 is 19.5 Å². The van der Waals surface area contributed by atoms with Crippen LogP contribution in [0.15, 0.2) is 0 Å². The lowest BCUT2D eigenvalue weighted by Crippen LogP contribution is -2.56. The maximum atomic E-state index is 5.94. The van der Waals surface area contributed by atoms with Gasteiger partial charge in [-0.25, -0.2) is 0 Å². The summed E-state index contributed by atoms with van der Waals surface area (Å²) in [7, 11) is 5.35. The lowest BCUT2D eigenvalue weighted by atomic mass is 9.82. The molecule has 1 aliphatic rings. The van der Waals surface area contributed by atoms with E-state index in [4.69, 9.17) is 14.2 Å². The minimum Gasteiger partial charge on any atom is -0.381 e. The van der Waals surface area contributed by atoms with Crippen molar-refractivity contribution < 1.29 is 14.2 Å². The molecule has 0 bridgehead atoms. The summed E-state index contributed by atoms with van der Waals surface area (Å²) >= 11 is 0. The van der Waals surface area contributed by atoms with E-state index in [-0.39, 0.29) is 18.0 Å². The molecule has 90 valence electrons. The van der Waals surface area contributed by atoms with Crippen LogP contribution >= 0.6 is 0 Å². The van der Waals surface area contributed by atoms with Gasteiger partial charge in [0.15, 0.2) is 6.29 Å². The minimum absolute atomic E-state index is 0.163. The largest absolute Gasteiger partial charge is 0.381 e. The SMILES string of the molecule is CNCC1(C)OC(OC)CC(OC)C1C. The Kier molecular flexibility index (Phi) is 4.52. The van der Waals surface area contributed by atoms with E-state index < -0.39 is 0 Å². The molecule has 1 aliphatic heterocycles. The van der Waals surface area contributed by atoms with Gasteiger partial charge in [0.2, 0.25) is 0 Å². The van der Waals surface area contributed by atoms with Gasteiger partial charge in [0.25, 0.3) is 0 Å². The summed E-state index contributed by atoms with van der Waals surface area (Å²) in [5.41, 5.74) is -0.228. The first-order chi connectivity index (χ1) is 7.07. The quantitative estimate of drug-likeness (QED) is 0.763. The molecule has 0 aromatic carbocycles. The van der Waals surface area contributed by atoms with E-state index in [1.54, 1.807) is 14.2 Å².